The molecule has 0 aliphatic carbocycles. The molecule has 216 valence electrons. The molecule has 14 nitrogen and oxygen atoms in total. The second-order valence-electron chi connectivity index (χ2n) is 8.82. The van der Waals surface area contributed by atoms with Gasteiger partial charge in [0.25, 0.3) is 0 Å². The summed E-state index contributed by atoms with van der Waals surface area (Å²) in [6.45, 7) is 2.51. The number of rotatable bonds is 16. The molecule has 0 aromatic heterocycles. The number of benzene rings is 1. The first-order valence-electron chi connectivity index (χ1n) is 12.0. The number of aliphatic hydroxyl groups excluding tert-OH is 1. The molecule has 0 radical (unpaired) electrons. The predicted octanol–water partition coefficient (Wildman–Crippen LogP) is -2.22. The summed E-state index contributed by atoms with van der Waals surface area (Å²) in [6, 6.07) is 1.96. The molecular formula is C24H35N5O9S. The Balaban J connectivity index is 3.16. The van der Waals surface area contributed by atoms with Gasteiger partial charge in [-0.1, -0.05) is 30.3 Å². The molecule has 9 N–H and O–H groups in total. The van der Waals surface area contributed by atoms with Gasteiger partial charge >= 0.3 is 11.9 Å². The zero-order valence-electron chi connectivity index (χ0n) is 21.5. The van der Waals surface area contributed by atoms with Gasteiger partial charge < -0.3 is 42.3 Å². The lowest BCUT2D eigenvalue weighted by atomic mass is 10.0. The number of hydrogen-bond acceptors (Lipinski definition) is 9. The lowest BCUT2D eigenvalue weighted by Crippen LogP contribution is -2.59. The summed E-state index contributed by atoms with van der Waals surface area (Å²) < 4.78 is 0. The standard InChI is InChI=1S/C24H35N5O9S/c1-12(24(37)38)26-22(35)17(11-39)29-21(34)16(10-14-6-4-3-5-7-14)28-20(33)15(8-9-18(31)32)27-23(36)19(25)13(2)30/h3-7,12-13,15-17,19,30,39H,8-11,25H2,1-2H3,(H,26,35)(H,27,36)(H,28,33)(H,29,34)(H,31,32)(H,37,38)/t12-,13+,15-,16-,17-,19-/m0/s1. The van der Waals surface area contributed by atoms with Crippen molar-refractivity contribution in [3.05, 3.63) is 35.9 Å². The van der Waals surface area contributed by atoms with Crippen molar-refractivity contribution in [2.24, 2.45) is 5.73 Å². The van der Waals surface area contributed by atoms with Gasteiger partial charge in [-0.25, -0.2) is 0 Å². The van der Waals surface area contributed by atoms with Crippen LogP contribution in [0.1, 0.15) is 32.3 Å². The molecule has 0 saturated heterocycles. The van der Waals surface area contributed by atoms with E-state index in [-0.39, 0.29) is 18.6 Å². The van der Waals surface area contributed by atoms with E-state index in [1.54, 1.807) is 30.3 Å². The fraction of sp³-hybridized carbons (Fsp3) is 0.500. The number of carboxylic acid groups (broad SMARTS) is 2. The summed E-state index contributed by atoms with van der Waals surface area (Å²) >= 11 is 4.05. The van der Waals surface area contributed by atoms with E-state index < -0.39 is 78.3 Å². The Kier molecular flexibility index (Phi) is 13.9. The summed E-state index contributed by atoms with van der Waals surface area (Å²) in [7, 11) is 0. The Morgan fingerprint density at radius 2 is 1.33 bits per heavy atom. The van der Waals surface area contributed by atoms with E-state index in [4.69, 9.17) is 15.9 Å². The SMILES string of the molecule is C[C@H](NC(=O)[C@H](CS)NC(=O)[C@H](Cc1ccccc1)NC(=O)[C@H](CCC(=O)O)NC(=O)[C@@H](N)[C@@H](C)O)C(=O)O. The van der Waals surface area contributed by atoms with Gasteiger partial charge in [0.05, 0.1) is 6.10 Å². The second-order valence-corrected chi connectivity index (χ2v) is 9.19. The Hall–Kier alpha value is -3.69. The maximum absolute atomic E-state index is 13.2. The molecule has 4 amide bonds. The van der Waals surface area contributed by atoms with Gasteiger partial charge in [-0.2, -0.15) is 12.6 Å². The van der Waals surface area contributed by atoms with Gasteiger partial charge in [0.1, 0.15) is 30.2 Å². The lowest BCUT2D eigenvalue weighted by molar-refractivity contribution is -0.141. The number of carbonyl (C=O) groups excluding carboxylic acids is 4. The molecule has 0 aliphatic heterocycles. The largest absolute Gasteiger partial charge is 0.481 e. The van der Waals surface area contributed by atoms with E-state index in [9.17, 15) is 33.9 Å². The average Bonchev–Trinajstić information content (AvgIpc) is 2.88. The van der Waals surface area contributed by atoms with Crippen LogP contribution in [0.4, 0.5) is 0 Å². The molecule has 0 heterocycles. The molecule has 15 heteroatoms. The second kappa shape index (κ2) is 16.3. The smallest absolute Gasteiger partial charge is 0.325 e. The van der Waals surface area contributed by atoms with Crippen molar-refractivity contribution < 1.29 is 44.1 Å². The number of nitrogens with two attached hydrogens (primary N) is 1. The molecule has 39 heavy (non-hydrogen) atoms. The van der Waals surface area contributed by atoms with Crippen LogP contribution >= 0.6 is 12.6 Å². The van der Waals surface area contributed by atoms with Crippen LogP contribution in [0.15, 0.2) is 30.3 Å². The van der Waals surface area contributed by atoms with Crippen LogP contribution in [0.25, 0.3) is 0 Å². The number of carboxylic acids is 2. The van der Waals surface area contributed by atoms with Crippen molar-refractivity contribution in [3.63, 3.8) is 0 Å². The van der Waals surface area contributed by atoms with E-state index in [0.29, 0.717) is 5.56 Å². The summed E-state index contributed by atoms with van der Waals surface area (Å²) in [4.78, 5) is 73.3. The minimum atomic E-state index is -1.41. The topological polar surface area (TPSA) is 237 Å². The quantitative estimate of drug-likeness (QED) is 0.0972. The van der Waals surface area contributed by atoms with E-state index in [2.05, 4.69) is 33.9 Å². The molecular weight excluding hydrogens is 534 g/mol. The van der Waals surface area contributed by atoms with Crippen molar-refractivity contribution in [1.29, 1.82) is 0 Å². The Bertz CT molecular complexity index is 1020. The number of amides is 4. The van der Waals surface area contributed by atoms with Crippen molar-refractivity contribution in [3.8, 4) is 0 Å². The van der Waals surface area contributed by atoms with Crippen LogP contribution in [0.3, 0.4) is 0 Å². The highest BCUT2D eigenvalue weighted by atomic mass is 32.1. The number of aliphatic carboxylic acids is 2. The highest BCUT2D eigenvalue weighted by molar-refractivity contribution is 7.80. The van der Waals surface area contributed by atoms with Crippen LogP contribution in [0.5, 0.6) is 0 Å². The monoisotopic (exact) mass is 569 g/mol. The first-order chi connectivity index (χ1) is 18.3. The highest BCUT2D eigenvalue weighted by Crippen LogP contribution is 2.07. The average molecular weight is 570 g/mol. The number of hydrogen-bond donors (Lipinski definition) is 9. The number of aliphatic hydroxyl groups is 1. The molecule has 1 aromatic rings. The van der Waals surface area contributed by atoms with Crippen LogP contribution in [0.2, 0.25) is 0 Å². The van der Waals surface area contributed by atoms with Crippen LogP contribution in [-0.2, 0) is 35.2 Å². The first-order valence-corrected chi connectivity index (χ1v) is 12.6. The molecule has 0 aliphatic rings. The van der Waals surface area contributed by atoms with Gasteiger partial charge in [0.2, 0.25) is 23.6 Å². The fourth-order valence-corrected chi connectivity index (χ4v) is 3.45. The van der Waals surface area contributed by atoms with E-state index >= 15 is 0 Å². The Labute approximate surface area is 230 Å². The number of thiol groups is 1. The van der Waals surface area contributed by atoms with Gasteiger partial charge in [0, 0.05) is 18.6 Å². The normalized spacial score (nSPS) is 15.4. The highest BCUT2D eigenvalue weighted by Gasteiger charge is 2.31. The summed E-state index contributed by atoms with van der Waals surface area (Å²) in [5.74, 6) is -6.14. The van der Waals surface area contributed by atoms with E-state index in [0.717, 1.165) is 0 Å². The van der Waals surface area contributed by atoms with Gasteiger partial charge in [-0.15, -0.1) is 0 Å². The summed E-state index contributed by atoms with van der Waals surface area (Å²) in [5.41, 5.74) is 6.24. The molecule has 0 bridgehead atoms. The van der Waals surface area contributed by atoms with E-state index in [1.807, 2.05) is 0 Å². The molecule has 1 aromatic carbocycles. The summed E-state index contributed by atoms with van der Waals surface area (Å²) in [5, 5.41) is 37.1. The van der Waals surface area contributed by atoms with Gasteiger partial charge in [-0.05, 0) is 25.8 Å². The summed E-state index contributed by atoms with van der Waals surface area (Å²) in [6.07, 6.45) is -2.13. The van der Waals surface area contributed by atoms with Gasteiger partial charge in [0.15, 0.2) is 0 Å². The lowest BCUT2D eigenvalue weighted by Gasteiger charge is -2.26. The van der Waals surface area contributed by atoms with E-state index in [1.165, 1.54) is 13.8 Å². The maximum atomic E-state index is 13.2. The Morgan fingerprint density at radius 3 is 1.85 bits per heavy atom. The zero-order chi connectivity index (χ0) is 29.7. The molecule has 0 fully saturated rings. The first kappa shape index (κ1) is 33.3. The molecule has 6 atom stereocenters. The third-order valence-corrected chi connectivity index (χ3v) is 5.93. The number of carbonyl (C=O) groups is 6. The van der Waals surface area contributed by atoms with Crippen molar-refractivity contribution in [2.45, 2.75) is 69.4 Å². The minimum Gasteiger partial charge on any atom is -0.481 e. The molecule has 1 rings (SSSR count). The third kappa shape index (κ3) is 11.7. The maximum Gasteiger partial charge on any atom is 0.325 e. The predicted molar refractivity (Wildman–Crippen MR) is 142 cm³/mol. The van der Waals surface area contributed by atoms with Gasteiger partial charge in [-0.3, -0.25) is 28.8 Å². The van der Waals surface area contributed by atoms with Crippen molar-refractivity contribution >= 4 is 48.2 Å². The zero-order valence-corrected chi connectivity index (χ0v) is 22.4. The molecule has 0 spiro atoms. The molecule has 0 saturated carbocycles. The van der Waals surface area contributed by atoms with Crippen molar-refractivity contribution in [1.82, 2.24) is 21.3 Å². The Morgan fingerprint density at radius 1 is 0.821 bits per heavy atom. The van der Waals surface area contributed by atoms with Crippen LogP contribution in [0, 0.1) is 0 Å². The fourth-order valence-electron chi connectivity index (χ4n) is 3.20. The molecule has 0 unspecified atom stereocenters. The van der Waals surface area contributed by atoms with Crippen LogP contribution < -0.4 is 27.0 Å². The minimum absolute atomic E-state index is 0.0440. The number of nitrogens with one attached hydrogen (secondary N) is 4. The van der Waals surface area contributed by atoms with Crippen LogP contribution in [-0.4, -0.2) is 93.0 Å². The van der Waals surface area contributed by atoms with Crippen molar-refractivity contribution in [2.75, 3.05) is 5.75 Å². The third-order valence-electron chi connectivity index (χ3n) is 5.56.